The lowest BCUT2D eigenvalue weighted by Crippen LogP contribution is -2.00. The Kier molecular flexibility index (Phi) is 2.41. The van der Waals surface area contributed by atoms with Crippen molar-refractivity contribution in [3.63, 3.8) is 0 Å². The quantitative estimate of drug-likeness (QED) is 0.684. The number of carbonyl (C=O) groups excluding carboxylic acids is 1. The Morgan fingerprint density at radius 2 is 1.78 bits per heavy atom. The molecule has 0 spiro atoms. The first-order valence-electron chi connectivity index (χ1n) is 6.07. The minimum absolute atomic E-state index is 0.0219. The molecule has 18 heavy (non-hydrogen) atoms. The van der Waals surface area contributed by atoms with Crippen LogP contribution in [0, 0.1) is 6.92 Å². The van der Waals surface area contributed by atoms with Crippen molar-refractivity contribution in [2.75, 3.05) is 0 Å². The molecule has 2 aromatic rings. The number of aryl methyl sites for hydroxylation is 1. The molecule has 1 aliphatic carbocycles. The van der Waals surface area contributed by atoms with Crippen LogP contribution >= 0.6 is 0 Å². The Labute approximate surface area is 107 Å². The Balaban J connectivity index is 2.21. The molecule has 1 nitrogen and oxygen atoms in total. The van der Waals surface area contributed by atoms with E-state index in [1.165, 1.54) is 5.56 Å². The lowest BCUT2D eigenvalue weighted by Gasteiger charge is -2.12. The van der Waals surface area contributed by atoms with Crippen LogP contribution in [0.5, 0.6) is 0 Å². The lowest BCUT2D eigenvalue weighted by molar-refractivity contribution is 0.103. The molecule has 0 aliphatic heterocycles. The van der Waals surface area contributed by atoms with Gasteiger partial charge in [-0.2, -0.15) is 0 Å². The van der Waals surface area contributed by atoms with Gasteiger partial charge in [-0.1, -0.05) is 60.7 Å². The van der Waals surface area contributed by atoms with E-state index in [4.69, 9.17) is 0 Å². The van der Waals surface area contributed by atoms with E-state index < -0.39 is 0 Å². The molecule has 1 heteroatoms. The molecule has 88 valence electrons. The second-order valence-electron chi connectivity index (χ2n) is 4.79. The summed E-state index contributed by atoms with van der Waals surface area (Å²) in [5, 5.41) is 0. The maximum absolute atomic E-state index is 12.2. The second kappa shape index (κ2) is 3.95. The summed E-state index contributed by atoms with van der Waals surface area (Å²) in [6, 6.07) is 16.1. The highest BCUT2D eigenvalue weighted by atomic mass is 16.1. The van der Waals surface area contributed by atoms with Gasteiger partial charge >= 0.3 is 0 Å². The van der Waals surface area contributed by atoms with E-state index in [1.54, 1.807) is 0 Å². The Morgan fingerprint density at radius 3 is 2.50 bits per heavy atom. The van der Waals surface area contributed by atoms with Gasteiger partial charge in [0.2, 0.25) is 0 Å². The van der Waals surface area contributed by atoms with Gasteiger partial charge in [0.15, 0.2) is 5.78 Å². The van der Waals surface area contributed by atoms with Crippen LogP contribution < -0.4 is 0 Å². The van der Waals surface area contributed by atoms with Crippen LogP contribution in [0.4, 0.5) is 0 Å². The molecule has 2 aromatic carbocycles. The van der Waals surface area contributed by atoms with Gasteiger partial charge in [0.25, 0.3) is 0 Å². The second-order valence-corrected chi connectivity index (χ2v) is 4.79. The first-order chi connectivity index (χ1) is 8.68. The van der Waals surface area contributed by atoms with Gasteiger partial charge in [0.05, 0.1) is 0 Å². The van der Waals surface area contributed by atoms with E-state index in [0.717, 1.165) is 16.7 Å². The first kappa shape index (κ1) is 11.0. The summed E-state index contributed by atoms with van der Waals surface area (Å²) in [4.78, 5) is 12.2. The molecule has 0 amide bonds. The molecule has 0 bridgehead atoms. The van der Waals surface area contributed by atoms with Gasteiger partial charge in [-0.05, 0) is 18.1 Å². The normalized spacial score (nSPS) is 17.9. The fourth-order valence-electron chi connectivity index (χ4n) is 2.65. The molecule has 1 atom stereocenters. The number of allylic oxidation sites excluding steroid dienone is 1. The average molecular weight is 234 g/mol. The van der Waals surface area contributed by atoms with Gasteiger partial charge in [-0.25, -0.2) is 0 Å². The molecule has 0 heterocycles. The highest BCUT2D eigenvalue weighted by Crippen LogP contribution is 2.41. The largest absolute Gasteiger partial charge is 0.289 e. The summed E-state index contributed by atoms with van der Waals surface area (Å²) < 4.78 is 0. The Bertz CT molecular complexity index is 638. The third-order valence-electron chi connectivity index (χ3n) is 3.54. The van der Waals surface area contributed by atoms with Crippen molar-refractivity contribution in [1.29, 1.82) is 0 Å². The standard InChI is InChI=1S/C17H14O/c1-11-8-9-14-15(10-11)16(12(2)17(14)18)13-6-4-3-5-7-13/h3-10,16H,2H2,1H3/t16-/m0/s1. The van der Waals surface area contributed by atoms with Crippen molar-refractivity contribution >= 4 is 5.78 Å². The summed E-state index contributed by atoms with van der Waals surface area (Å²) in [5.74, 6) is 0.104. The highest BCUT2D eigenvalue weighted by Gasteiger charge is 2.33. The molecule has 0 saturated carbocycles. The van der Waals surface area contributed by atoms with Crippen LogP contribution in [0.3, 0.4) is 0 Å². The van der Waals surface area contributed by atoms with E-state index in [-0.39, 0.29) is 11.7 Å². The van der Waals surface area contributed by atoms with Gasteiger partial charge in [0, 0.05) is 17.1 Å². The molecular weight excluding hydrogens is 220 g/mol. The molecule has 0 aromatic heterocycles. The molecule has 0 saturated heterocycles. The molecule has 0 unspecified atom stereocenters. The summed E-state index contributed by atoms with van der Waals surface area (Å²) in [5.41, 5.74) is 4.90. The van der Waals surface area contributed by atoms with Crippen molar-refractivity contribution < 1.29 is 4.79 Å². The van der Waals surface area contributed by atoms with Crippen molar-refractivity contribution in [1.82, 2.24) is 0 Å². The summed E-state index contributed by atoms with van der Waals surface area (Å²) >= 11 is 0. The smallest absolute Gasteiger partial charge is 0.189 e. The van der Waals surface area contributed by atoms with E-state index in [1.807, 2.05) is 37.3 Å². The number of benzene rings is 2. The molecule has 3 rings (SSSR count). The fraction of sp³-hybridized carbons (Fsp3) is 0.118. The molecule has 0 radical (unpaired) electrons. The van der Waals surface area contributed by atoms with Crippen molar-refractivity contribution in [2.45, 2.75) is 12.8 Å². The van der Waals surface area contributed by atoms with Crippen LogP contribution in [0.15, 0.2) is 60.7 Å². The lowest BCUT2D eigenvalue weighted by atomic mass is 9.90. The van der Waals surface area contributed by atoms with Crippen molar-refractivity contribution in [3.05, 3.63) is 82.9 Å². The third kappa shape index (κ3) is 1.52. The zero-order chi connectivity index (χ0) is 12.7. The Morgan fingerprint density at radius 1 is 1.06 bits per heavy atom. The van der Waals surface area contributed by atoms with E-state index in [0.29, 0.717) is 5.57 Å². The SMILES string of the molecule is C=C1C(=O)c2ccc(C)cc2[C@@H]1c1ccccc1. The number of carbonyl (C=O) groups is 1. The number of Topliss-reactive ketones (excluding diaryl/α,β-unsaturated/α-hetero) is 1. The zero-order valence-corrected chi connectivity index (χ0v) is 10.3. The van der Waals surface area contributed by atoms with Gasteiger partial charge in [-0.15, -0.1) is 0 Å². The van der Waals surface area contributed by atoms with Gasteiger partial charge in [0.1, 0.15) is 0 Å². The third-order valence-corrected chi connectivity index (χ3v) is 3.54. The van der Waals surface area contributed by atoms with Crippen LogP contribution in [0.2, 0.25) is 0 Å². The van der Waals surface area contributed by atoms with Crippen molar-refractivity contribution in [2.24, 2.45) is 0 Å². The number of hydrogen-bond acceptors (Lipinski definition) is 1. The molecule has 0 fully saturated rings. The highest BCUT2D eigenvalue weighted by molar-refractivity contribution is 6.14. The van der Waals surface area contributed by atoms with Gasteiger partial charge in [-0.3, -0.25) is 4.79 Å². The monoisotopic (exact) mass is 234 g/mol. The summed E-state index contributed by atoms with van der Waals surface area (Å²) in [6.07, 6.45) is 0. The number of fused-ring (bicyclic) bond motifs is 1. The first-order valence-corrected chi connectivity index (χ1v) is 6.07. The molecule has 1 aliphatic rings. The van der Waals surface area contributed by atoms with Crippen molar-refractivity contribution in [3.8, 4) is 0 Å². The summed E-state index contributed by atoms with van der Waals surface area (Å²) in [7, 11) is 0. The van der Waals surface area contributed by atoms with Crippen LogP contribution in [0.1, 0.15) is 33.0 Å². The van der Waals surface area contributed by atoms with E-state index in [2.05, 4.69) is 24.8 Å². The van der Waals surface area contributed by atoms with Gasteiger partial charge < -0.3 is 0 Å². The number of hydrogen-bond donors (Lipinski definition) is 0. The topological polar surface area (TPSA) is 17.1 Å². The minimum atomic E-state index is 0.0219. The van der Waals surface area contributed by atoms with Crippen LogP contribution in [-0.4, -0.2) is 5.78 Å². The Hall–Kier alpha value is -2.15. The van der Waals surface area contributed by atoms with E-state index in [9.17, 15) is 4.79 Å². The van der Waals surface area contributed by atoms with Crippen LogP contribution in [0.25, 0.3) is 0 Å². The number of rotatable bonds is 1. The maximum atomic E-state index is 12.2. The van der Waals surface area contributed by atoms with E-state index >= 15 is 0 Å². The summed E-state index contributed by atoms with van der Waals surface area (Å²) in [6.45, 7) is 6.04. The molecular formula is C17H14O. The zero-order valence-electron chi connectivity index (χ0n) is 10.3. The fourth-order valence-corrected chi connectivity index (χ4v) is 2.65. The maximum Gasteiger partial charge on any atom is 0.189 e. The van der Waals surface area contributed by atoms with Crippen LogP contribution in [-0.2, 0) is 0 Å². The molecule has 0 N–H and O–H groups in total. The predicted molar refractivity (Wildman–Crippen MR) is 72.9 cm³/mol. The minimum Gasteiger partial charge on any atom is -0.289 e. The predicted octanol–water partition coefficient (Wildman–Crippen LogP) is 3.88. The average Bonchev–Trinajstić information content (AvgIpc) is 2.63. The number of ketones is 1.